The molecule has 7 heteroatoms. The summed E-state index contributed by atoms with van der Waals surface area (Å²) in [5, 5.41) is 15.9. The molecule has 1 rings (SSSR count). The van der Waals surface area contributed by atoms with Crippen LogP contribution in [-0.4, -0.2) is 24.1 Å². The lowest BCUT2D eigenvalue weighted by molar-refractivity contribution is -0.122. The zero-order valence-corrected chi connectivity index (χ0v) is 11.0. The molecular weight excluding hydrogens is 276 g/mol. The van der Waals surface area contributed by atoms with Crippen LogP contribution in [0.5, 0.6) is 0 Å². The summed E-state index contributed by atoms with van der Waals surface area (Å²) in [7, 11) is 0. The van der Waals surface area contributed by atoms with Crippen LogP contribution in [0.1, 0.15) is 16.6 Å². The average molecular weight is 285 g/mol. The molecule has 0 aliphatic carbocycles. The van der Waals surface area contributed by atoms with Gasteiger partial charge >= 0.3 is 5.97 Å². The minimum absolute atomic E-state index is 0.0716. The fourth-order valence-corrected chi connectivity index (χ4v) is 2.06. The number of esters is 1. The first-order valence-electron chi connectivity index (χ1n) is 4.85. The van der Waals surface area contributed by atoms with Crippen LogP contribution in [0.25, 0.3) is 0 Å². The van der Waals surface area contributed by atoms with Crippen molar-refractivity contribution in [1.82, 2.24) is 0 Å². The van der Waals surface area contributed by atoms with Crippen molar-refractivity contribution in [2.24, 2.45) is 5.92 Å². The SMILES string of the molecule is CC(=N)C(C#N)C(=O)COC(=O)c1ccc(Cl)s1. The molecule has 1 aromatic heterocycles. The summed E-state index contributed by atoms with van der Waals surface area (Å²) in [6.07, 6.45) is 0. The maximum absolute atomic E-state index is 11.5. The predicted octanol–water partition coefficient (Wildman–Crippen LogP) is 2.31. The molecule has 1 unspecified atom stereocenters. The molecule has 1 N–H and O–H groups in total. The number of carbonyl (C=O) groups excluding carboxylic acids is 2. The highest BCUT2D eigenvalue weighted by Crippen LogP contribution is 2.22. The number of halogens is 1. The molecule has 1 aromatic rings. The lowest BCUT2D eigenvalue weighted by atomic mass is 10.0. The molecule has 1 atom stereocenters. The third kappa shape index (κ3) is 3.65. The minimum atomic E-state index is -1.16. The van der Waals surface area contributed by atoms with Crippen LogP contribution in [0.2, 0.25) is 4.34 Å². The van der Waals surface area contributed by atoms with Gasteiger partial charge in [0, 0.05) is 5.71 Å². The number of hydrogen-bond donors (Lipinski definition) is 1. The van der Waals surface area contributed by atoms with Crippen LogP contribution in [0.4, 0.5) is 0 Å². The van der Waals surface area contributed by atoms with Crippen molar-refractivity contribution in [3.05, 3.63) is 21.3 Å². The summed E-state index contributed by atoms with van der Waals surface area (Å²) < 4.78 is 5.19. The number of nitrogens with one attached hydrogen (secondary N) is 1. The summed E-state index contributed by atoms with van der Waals surface area (Å²) >= 11 is 6.69. The van der Waals surface area contributed by atoms with Crippen LogP contribution < -0.4 is 0 Å². The Bertz CT molecular complexity index is 533. The van der Waals surface area contributed by atoms with E-state index in [1.54, 1.807) is 12.1 Å². The minimum Gasteiger partial charge on any atom is -0.453 e. The van der Waals surface area contributed by atoms with Gasteiger partial charge in [0.15, 0.2) is 12.4 Å². The largest absolute Gasteiger partial charge is 0.453 e. The molecule has 94 valence electrons. The fraction of sp³-hybridized carbons (Fsp3) is 0.273. The van der Waals surface area contributed by atoms with E-state index < -0.39 is 24.3 Å². The van der Waals surface area contributed by atoms with E-state index in [-0.39, 0.29) is 10.6 Å². The number of carbonyl (C=O) groups is 2. The topological polar surface area (TPSA) is 91.0 Å². The van der Waals surface area contributed by atoms with E-state index in [0.29, 0.717) is 4.34 Å². The van der Waals surface area contributed by atoms with Gasteiger partial charge in [0.2, 0.25) is 0 Å². The van der Waals surface area contributed by atoms with Crippen LogP contribution in [-0.2, 0) is 9.53 Å². The molecule has 0 aromatic carbocycles. The molecule has 0 radical (unpaired) electrons. The van der Waals surface area contributed by atoms with Gasteiger partial charge in [0.05, 0.1) is 10.4 Å². The van der Waals surface area contributed by atoms with Gasteiger partial charge in [-0.3, -0.25) is 4.79 Å². The first-order valence-corrected chi connectivity index (χ1v) is 6.05. The Balaban J connectivity index is 2.56. The average Bonchev–Trinajstić information content (AvgIpc) is 2.73. The van der Waals surface area contributed by atoms with Gasteiger partial charge in [-0.05, 0) is 19.1 Å². The Morgan fingerprint density at radius 2 is 2.28 bits per heavy atom. The third-order valence-electron chi connectivity index (χ3n) is 2.00. The Kier molecular flexibility index (Phi) is 5.01. The number of thiophene rings is 1. The molecule has 0 aliphatic heterocycles. The van der Waals surface area contributed by atoms with E-state index in [9.17, 15) is 9.59 Å². The van der Waals surface area contributed by atoms with E-state index in [1.165, 1.54) is 13.0 Å². The Morgan fingerprint density at radius 1 is 1.61 bits per heavy atom. The smallest absolute Gasteiger partial charge is 0.348 e. The second kappa shape index (κ2) is 6.28. The number of nitrogens with zero attached hydrogens (tertiary/aromatic N) is 1. The molecule has 1 heterocycles. The Morgan fingerprint density at radius 3 is 2.72 bits per heavy atom. The lowest BCUT2D eigenvalue weighted by Gasteiger charge is -2.06. The maximum atomic E-state index is 11.5. The van der Waals surface area contributed by atoms with Crippen LogP contribution in [0, 0.1) is 22.7 Å². The first-order chi connectivity index (χ1) is 8.45. The number of nitriles is 1. The van der Waals surface area contributed by atoms with Gasteiger partial charge in [-0.15, -0.1) is 11.3 Å². The number of hydrogen-bond acceptors (Lipinski definition) is 6. The highest BCUT2D eigenvalue weighted by atomic mass is 35.5. The summed E-state index contributed by atoms with van der Waals surface area (Å²) in [4.78, 5) is 23.3. The number of rotatable bonds is 5. The van der Waals surface area contributed by atoms with Gasteiger partial charge in [-0.1, -0.05) is 11.6 Å². The number of ether oxygens (including phenoxy) is 1. The van der Waals surface area contributed by atoms with Crippen molar-refractivity contribution in [2.45, 2.75) is 6.92 Å². The van der Waals surface area contributed by atoms with Gasteiger partial charge in [-0.25, -0.2) is 4.79 Å². The molecule has 0 bridgehead atoms. The standard InChI is InChI=1S/C11H9ClN2O3S/c1-6(14)7(4-13)8(15)5-17-11(16)9-2-3-10(12)18-9/h2-3,7,14H,5H2,1H3. The second-order valence-corrected chi connectivity index (χ2v) is 5.11. The second-order valence-electron chi connectivity index (χ2n) is 3.39. The molecule has 5 nitrogen and oxygen atoms in total. The lowest BCUT2D eigenvalue weighted by Crippen LogP contribution is -2.25. The molecule has 18 heavy (non-hydrogen) atoms. The summed E-state index contributed by atoms with van der Waals surface area (Å²) in [5.41, 5.74) is -0.0716. The van der Waals surface area contributed by atoms with Crippen molar-refractivity contribution < 1.29 is 14.3 Å². The van der Waals surface area contributed by atoms with Crippen molar-refractivity contribution in [3.63, 3.8) is 0 Å². The number of ketones is 1. The van der Waals surface area contributed by atoms with Gasteiger partial charge in [0.1, 0.15) is 10.8 Å². The van der Waals surface area contributed by atoms with Crippen LogP contribution in [0.3, 0.4) is 0 Å². The van der Waals surface area contributed by atoms with Gasteiger partial charge in [0.25, 0.3) is 0 Å². The highest BCUT2D eigenvalue weighted by Gasteiger charge is 2.22. The van der Waals surface area contributed by atoms with Crippen molar-refractivity contribution in [2.75, 3.05) is 6.61 Å². The van der Waals surface area contributed by atoms with Crippen LogP contribution in [0.15, 0.2) is 12.1 Å². The molecule has 0 amide bonds. The van der Waals surface area contributed by atoms with Crippen LogP contribution >= 0.6 is 22.9 Å². The monoisotopic (exact) mass is 284 g/mol. The molecule has 0 aliphatic rings. The van der Waals surface area contributed by atoms with Gasteiger partial charge < -0.3 is 10.1 Å². The van der Waals surface area contributed by atoms with Crippen molar-refractivity contribution >= 4 is 40.4 Å². The zero-order chi connectivity index (χ0) is 13.7. The molecule has 0 fully saturated rings. The first kappa shape index (κ1) is 14.4. The predicted molar refractivity (Wildman–Crippen MR) is 67.1 cm³/mol. The van der Waals surface area contributed by atoms with E-state index in [1.807, 2.05) is 0 Å². The fourth-order valence-electron chi connectivity index (χ4n) is 1.13. The molecule has 0 saturated heterocycles. The van der Waals surface area contributed by atoms with Gasteiger partial charge in [-0.2, -0.15) is 5.26 Å². The third-order valence-corrected chi connectivity index (χ3v) is 3.22. The van der Waals surface area contributed by atoms with E-state index in [2.05, 4.69) is 0 Å². The van der Waals surface area contributed by atoms with E-state index in [4.69, 9.17) is 27.0 Å². The zero-order valence-electron chi connectivity index (χ0n) is 9.40. The summed E-state index contributed by atoms with van der Waals surface area (Å²) in [6.45, 7) is 0.829. The Labute approximate surface area is 112 Å². The van der Waals surface area contributed by atoms with E-state index in [0.717, 1.165) is 11.3 Å². The summed E-state index contributed by atoms with van der Waals surface area (Å²) in [5.74, 6) is -2.44. The maximum Gasteiger partial charge on any atom is 0.348 e. The Hall–Kier alpha value is -1.71. The molecular formula is C11H9ClN2O3S. The number of Topliss-reactive ketones (excluding diaryl/α,β-unsaturated/α-hetero) is 1. The quantitative estimate of drug-likeness (QED) is 0.663. The van der Waals surface area contributed by atoms with E-state index >= 15 is 0 Å². The normalized spacial score (nSPS) is 11.4. The summed E-state index contributed by atoms with van der Waals surface area (Å²) in [6, 6.07) is 4.72. The molecule has 0 spiro atoms. The van der Waals surface area contributed by atoms with Crippen molar-refractivity contribution in [1.29, 1.82) is 10.7 Å². The van der Waals surface area contributed by atoms with Crippen molar-refractivity contribution in [3.8, 4) is 6.07 Å². The molecule has 0 saturated carbocycles. The highest BCUT2D eigenvalue weighted by molar-refractivity contribution is 7.17.